The van der Waals surface area contributed by atoms with Crippen LogP contribution in [0.5, 0.6) is 0 Å². The second-order valence-electron chi connectivity index (χ2n) is 5.75. The number of nitrogens with two attached hydrogens (primary N) is 1. The van der Waals surface area contributed by atoms with Gasteiger partial charge in [0.2, 0.25) is 0 Å². The molecule has 0 saturated heterocycles. The lowest BCUT2D eigenvalue weighted by atomic mass is 9.82. The van der Waals surface area contributed by atoms with Gasteiger partial charge in [-0.25, -0.2) is 0 Å². The number of ether oxygens (including phenoxy) is 1. The molecule has 1 atom stereocenters. The summed E-state index contributed by atoms with van der Waals surface area (Å²) in [6.07, 6.45) is 2.47. The molecule has 0 aliphatic heterocycles. The summed E-state index contributed by atoms with van der Waals surface area (Å²) in [4.78, 5) is 0. The van der Waals surface area contributed by atoms with Gasteiger partial charge in [-0.3, -0.25) is 0 Å². The van der Waals surface area contributed by atoms with E-state index >= 15 is 0 Å². The van der Waals surface area contributed by atoms with E-state index in [-0.39, 0.29) is 17.1 Å². The summed E-state index contributed by atoms with van der Waals surface area (Å²) < 4.78 is 5.96. The summed E-state index contributed by atoms with van der Waals surface area (Å²) in [7, 11) is 0. The third-order valence-corrected chi connectivity index (χ3v) is 2.66. The highest BCUT2D eigenvalue weighted by atomic mass is 16.5. The lowest BCUT2D eigenvalue weighted by molar-refractivity contribution is -0.102. The molecule has 86 valence electrons. The van der Waals surface area contributed by atoms with Gasteiger partial charge in [0, 0.05) is 0 Å². The molecular formula is C12H27NO. The van der Waals surface area contributed by atoms with E-state index in [0.717, 1.165) is 19.4 Å². The first kappa shape index (κ1) is 13.9. The van der Waals surface area contributed by atoms with Crippen LogP contribution in [0.2, 0.25) is 0 Å². The van der Waals surface area contributed by atoms with Gasteiger partial charge in [-0.15, -0.1) is 0 Å². The molecule has 0 aliphatic rings. The Morgan fingerprint density at radius 1 is 1.14 bits per heavy atom. The minimum atomic E-state index is -0.0561. The van der Waals surface area contributed by atoms with Gasteiger partial charge in [-0.2, -0.15) is 0 Å². The van der Waals surface area contributed by atoms with E-state index in [2.05, 4.69) is 41.5 Å². The van der Waals surface area contributed by atoms with Gasteiger partial charge in [-0.05, 0) is 52.5 Å². The smallest absolute Gasteiger partial charge is 0.0605 e. The monoisotopic (exact) mass is 201 g/mol. The Kier molecular flexibility index (Phi) is 5.10. The van der Waals surface area contributed by atoms with Gasteiger partial charge in [0.1, 0.15) is 0 Å². The zero-order chi connectivity index (χ0) is 11.4. The van der Waals surface area contributed by atoms with Crippen molar-refractivity contribution in [1.82, 2.24) is 0 Å². The predicted molar refractivity (Wildman–Crippen MR) is 62.4 cm³/mol. The van der Waals surface area contributed by atoms with Crippen LogP contribution in [0, 0.1) is 5.41 Å². The van der Waals surface area contributed by atoms with Crippen molar-refractivity contribution >= 4 is 0 Å². The average Bonchev–Trinajstić information content (AvgIpc) is 1.97. The fourth-order valence-corrected chi connectivity index (χ4v) is 1.45. The van der Waals surface area contributed by atoms with E-state index in [0.29, 0.717) is 0 Å². The van der Waals surface area contributed by atoms with Crippen molar-refractivity contribution in [3.8, 4) is 0 Å². The average molecular weight is 201 g/mol. The highest BCUT2D eigenvalue weighted by molar-refractivity contribution is 4.78. The molecule has 2 N–H and O–H groups in total. The third kappa shape index (κ3) is 5.61. The second kappa shape index (κ2) is 5.13. The SMILES string of the molecule is CC(OC(C)(C)C)C(C)(C)CCCN. The molecule has 0 aliphatic carbocycles. The molecule has 0 amide bonds. The molecule has 2 heteroatoms. The fraction of sp³-hybridized carbons (Fsp3) is 1.00. The zero-order valence-electron chi connectivity index (χ0n) is 10.7. The van der Waals surface area contributed by atoms with Gasteiger partial charge in [0.25, 0.3) is 0 Å². The molecule has 0 spiro atoms. The van der Waals surface area contributed by atoms with Crippen molar-refractivity contribution in [3.05, 3.63) is 0 Å². The quantitative estimate of drug-likeness (QED) is 0.742. The standard InChI is InChI=1S/C12H27NO/c1-10(14-11(2,3)4)12(5,6)8-7-9-13/h10H,7-9,13H2,1-6H3. The Morgan fingerprint density at radius 2 is 1.64 bits per heavy atom. The van der Waals surface area contributed by atoms with Crippen LogP contribution in [0.1, 0.15) is 54.4 Å². The Hall–Kier alpha value is -0.0800. The van der Waals surface area contributed by atoms with Crippen LogP contribution in [0.4, 0.5) is 0 Å². The second-order valence-corrected chi connectivity index (χ2v) is 5.75. The number of hydrogen-bond acceptors (Lipinski definition) is 2. The maximum Gasteiger partial charge on any atom is 0.0605 e. The molecule has 14 heavy (non-hydrogen) atoms. The molecule has 0 aromatic rings. The molecule has 0 radical (unpaired) electrons. The first-order chi connectivity index (χ1) is 6.19. The first-order valence-electron chi connectivity index (χ1n) is 5.57. The summed E-state index contributed by atoms with van der Waals surface area (Å²) in [5.41, 5.74) is 5.68. The van der Waals surface area contributed by atoms with E-state index < -0.39 is 0 Å². The Labute approximate surface area is 89.2 Å². The maximum absolute atomic E-state index is 5.96. The summed E-state index contributed by atoms with van der Waals surface area (Å²) in [6, 6.07) is 0. The summed E-state index contributed by atoms with van der Waals surface area (Å²) in [5, 5.41) is 0. The van der Waals surface area contributed by atoms with E-state index in [1.165, 1.54) is 0 Å². The third-order valence-electron chi connectivity index (χ3n) is 2.66. The van der Waals surface area contributed by atoms with Crippen molar-refractivity contribution < 1.29 is 4.74 Å². The number of rotatable bonds is 5. The van der Waals surface area contributed by atoms with Gasteiger partial charge < -0.3 is 10.5 Å². The van der Waals surface area contributed by atoms with Crippen molar-refractivity contribution in [1.29, 1.82) is 0 Å². The van der Waals surface area contributed by atoms with E-state index in [1.54, 1.807) is 0 Å². The Balaban J connectivity index is 4.13. The molecule has 0 rings (SSSR count). The lowest BCUT2D eigenvalue weighted by Crippen LogP contribution is -2.36. The fourth-order valence-electron chi connectivity index (χ4n) is 1.45. The molecule has 2 nitrogen and oxygen atoms in total. The topological polar surface area (TPSA) is 35.2 Å². The number of hydrogen-bond donors (Lipinski definition) is 1. The summed E-state index contributed by atoms with van der Waals surface area (Å²) in [5.74, 6) is 0. The molecule has 0 fully saturated rings. The molecule has 0 aromatic carbocycles. The largest absolute Gasteiger partial charge is 0.372 e. The lowest BCUT2D eigenvalue weighted by Gasteiger charge is -2.36. The Morgan fingerprint density at radius 3 is 2.00 bits per heavy atom. The van der Waals surface area contributed by atoms with Crippen molar-refractivity contribution in [2.45, 2.75) is 66.1 Å². The van der Waals surface area contributed by atoms with Crippen LogP contribution in [0.3, 0.4) is 0 Å². The van der Waals surface area contributed by atoms with Crippen molar-refractivity contribution in [2.24, 2.45) is 11.1 Å². The highest BCUT2D eigenvalue weighted by Gasteiger charge is 2.29. The summed E-state index contributed by atoms with van der Waals surface area (Å²) in [6.45, 7) is 13.7. The van der Waals surface area contributed by atoms with Crippen LogP contribution in [0.25, 0.3) is 0 Å². The van der Waals surface area contributed by atoms with Gasteiger partial charge >= 0.3 is 0 Å². The van der Waals surface area contributed by atoms with E-state index in [4.69, 9.17) is 10.5 Å². The summed E-state index contributed by atoms with van der Waals surface area (Å²) >= 11 is 0. The molecule has 0 saturated carbocycles. The van der Waals surface area contributed by atoms with Crippen LogP contribution in [0.15, 0.2) is 0 Å². The molecule has 0 aromatic heterocycles. The molecular weight excluding hydrogens is 174 g/mol. The van der Waals surface area contributed by atoms with Crippen LogP contribution in [-0.4, -0.2) is 18.2 Å². The minimum absolute atomic E-state index is 0.0561. The maximum atomic E-state index is 5.96. The molecule has 0 bridgehead atoms. The van der Waals surface area contributed by atoms with Crippen LogP contribution < -0.4 is 5.73 Å². The minimum Gasteiger partial charge on any atom is -0.372 e. The highest BCUT2D eigenvalue weighted by Crippen LogP contribution is 2.31. The van der Waals surface area contributed by atoms with Gasteiger partial charge in [0.05, 0.1) is 11.7 Å². The van der Waals surface area contributed by atoms with Crippen LogP contribution >= 0.6 is 0 Å². The van der Waals surface area contributed by atoms with Gasteiger partial charge in [-0.1, -0.05) is 13.8 Å². The van der Waals surface area contributed by atoms with Crippen molar-refractivity contribution in [3.63, 3.8) is 0 Å². The molecule has 1 unspecified atom stereocenters. The van der Waals surface area contributed by atoms with E-state index in [9.17, 15) is 0 Å². The van der Waals surface area contributed by atoms with Gasteiger partial charge in [0.15, 0.2) is 0 Å². The normalized spacial score (nSPS) is 15.6. The van der Waals surface area contributed by atoms with E-state index in [1.807, 2.05) is 0 Å². The first-order valence-corrected chi connectivity index (χ1v) is 5.57. The predicted octanol–water partition coefficient (Wildman–Crippen LogP) is 2.96. The van der Waals surface area contributed by atoms with Crippen molar-refractivity contribution in [2.75, 3.05) is 6.54 Å². The Bertz CT molecular complexity index is 158. The molecule has 0 heterocycles. The zero-order valence-corrected chi connectivity index (χ0v) is 10.7. The van der Waals surface area contributed by atoms with Crippen LogP contribution in [-0.2, 0) is 4.74 Å².